The van der Waals surface area contributed by atoms with Crippen molar-refractivity contribution < 1.29 is 14.3 Å². The van der Waals surface area contributed by atoms with Gasteiger partial charge in [0.1, 0.15) is 0 Å². The minimum absolute atomic E-state index is 0.0504. The number of hydrogen-bond acceptors (Lipinski definition) is 3. The van der Waals surface area contributed by atoms with Crippen LogP contribution in [0.3, 0.4) is 0 Å². The summed E-state index contributed by atoms with van der Waals surface area (Å²) >= 11 is 11.0. The van der Waals surface area contributed by atoms with Gasteiger partial charge in [0.25, 0.3) is 0 Å². The molecule has 1 atom stereocenters. The number of aldehydes is 1. The first kappa shape index (κ1) is 13.2. The number of carbonyl (C=O) groups is 1. The number of aliphatic hydroxyl groups excluding tert-OH is 1. The highest BCUT2D eigenvalue weighted by Gasteiger charge is 2.11. The number of nitrogens with one attached hydrogen (secondary N) is 1. The monoisotopic (exact) mass is 265 g/mol. The van der Waals surface area contributed by atoms with Gasteiger partial charge in [0, 0.05) is 12.1 Å². The molecule has 0 amide bonds. The van der Waals surface area contributed by atoms with Crippen molar-refractivity contribution in [2.75, 3.05) is 17.7 Å². The van der Waals surface area contributed by atoms with Gasteiger partial charge in [-0.05, 0) is 12.1 Å². The van der Waals surface area contributed by atoms with Gasteiger partial charge in [-0.1, -0.05) is 11.6 Å². The van der Waals surface area contributed by atoms with E-state index in [4.69, 9.17) is 23.2 Å². The lowest BCUT2D eigenvalue weighted by molar-refractivity contribution is 0.112. The first-order valence-corrected chi connectivity index (χ1v) is 5.42. The lowest BCUT2D eigenvalue weighted by atomic mass is 10.2. The van der Waals surface area contributed by atoms with E-state index < -0.39 is 11.9 Å². The van der Waals surface area contributed by atoms with E-state index in [1.165, 1.54) is 12.1 Å². The van der Waals surface area contributed by atoms with Gasteiger partial charge in [-0.2, -0.15) is 0 Å². The molecule has 6 heteroatoms. The highest BCUT2D eigenvalue weighted by Crippen LogP contribution is 2.25. The van der Waals surface area contributed by atoms with E-state index in [2.05, 4.69) is 5.32 Å². The Morgan fingerprint density at radius 2 is 2.25 bits per heavy atom. The molecule has 1 unspecified atom stereocenters. The number of halogens is 3. The summed E-state index contributed by atoms with van der Waals surface area (Å²) in [5.41, 5.74) is 0.211. The average Bonchev–Trinajstić information content (AvgIpc) is 2.30. The van der Waals surface area contributed by atoms with Crippen molar-refractivity contribution in [3.05, 3.63) is 28.5 Å². The van der Waals surface area contributed by atoms with Crippen LogP contribution in [0.2, 0.25) is 5.02 Å². The van der Waals surface area contributed by atoms with E-state index >= 15 is 0 Å². The highest BCUT2D eigenvalue weighted by atomic mass is 35.5. The number of carbonyl (C=O) groups excluding carboxylic acids is 1. The Morgan fingerprint density at radius 3 is 2.81 bits per heavy atom. The van der Waals surface area contributed by atoms with Crippen LogP contribution in [0.15, 0.2) is 12.1 Å². The van der Waals surface area contributed by atoms with Gasteiger partial charge in [-0.25, -0.2) is 4.39 Å². The van der Waals surface area contributed by atoms with Crippen molar-refractivity contribution >= 4 is 35.2 Å². The van der Waals surface area contributed by atoms with Crippen LogP contribution < -0.4 is 5.32 Å². The molecule has 2 N–H and O–H groups in total. The van der Waals surface area contributed by atoms with E-state index in [-0.39, 0.29) is 28.7 Å². The maximum atomic E-state index is 13.5. The summed E-state index contributed by atoms with van der Waals surface area (Å²) in [6.45, 7) is 0.108. The third kappa shape index (κ3) is 3.07. The molecule has 0 heterocycles. The lowest BCUT2D eigenvalue weighted by Crippen LogP contribution is -2.21. The summed E-state index contributed by atoms with van der Waals surface area (Å²) in [6.07, 6.45) is -0.298. The molecule has 0 aliphatic heterocycles. The van der Waals surface area contributed by atoms with Crippen LogP contribution in [0.5, 0.6) is 0 Å². The van der Waals surface area contributed by atoms with Crippen molar-refractivity contribution in [3.63, 3.8) is 0 Å². The molecular formula is C10H10Cl2FNO2. The Hall–Kier alpha value is -0.840. The molecule has 88 valence electrons. The van der Waals surface area contributed by atoms with E-state index in [0.717, 1.165) is 0 Å². The number of benzene rings is 1. The fourth-order valence-corrected chi connectivity index (χ4v) is 1.39. The number of aliphatic hydroxyl groups is 1. The van der Waals surface area contributed by atoms with Crippen LogP contribution >= 0.6 is 23.2 Å². The predicted octanol–water partition coefficient (Wildman–Crippen LogP) is 2.30. The van der Waals surface area contributed by atoms with Crippen LogP contribution in [-0.2, 0) is 0 Å². The fraction of sp³-hybridized carbons (Fsp3) is 0.300. The van der Waals surface area contributed by atoms with Crippen molar-refractivity contribution in [2.24, 2.45) is 0 Å². The van der Waals surface area contributed by atoms with Gasteiger partial charge in [0.05, 0.1) is 22.7 Å². The van der Waals surface area contributed by atoms with Crippen LogP contribution in [0.25, 0.3) is 0 Å². The summed E-state index contributed by atoms with van der Waals surface area (Å²) in [5, 5.41) is 11.6. The largest absolute Gasteiger partial charge is 0.390 e. The minimum Gasteiger partial charge on any atom is -0.390 e. The zero-order valence-electron chi connectivity index (χ0n) is 8.21. The van der Waals surface area contributed by atoms with E-state index in [1.807, 2.05) is 0 Å². The fourth-order valence-electron chi connectivity index (χ4n) is 1.07. The van der Waals surface area contributed by atoms with Gasteiger partial charge in [0.15, 0.2) is 12.1 Å². The summed E-state index contributed by atoms with van der Waals surface area (Å²) < 4.78 is 13.5. The number of hydrogen-bond donors (Lipinski definition) is 2. The average molecular weight is 266 g/mol. The lowest BCUT2D eigenvalue weighted by Gasteiger charge is -2.11. The Balaban J connectivity index is 2.82. The molecule has 0 saturated carbocycles. The van der Waals surface area contributed by atoms with Gasteiger partial charge in [0.2, 0.25) is 0 Å². The van der Waals surface area contributed by atoms with Crippen molar-refractivity contribution in [2.45, 2.75) is 6.10 Å². The quantitative estimate of drug-likeness (QED) is 0.635. The van der Waals surface area contributed by atoms with Gasteiger partial charge < -0.3 is 10.4 Å². The minimum atomic E-state index is -0.773. The van der Waals surface area contributed by atoms with Gasteiger partial charge >= 0.3 is 0 Å². The standard InChI is InChI=1S/C10H10Cl2FNO2/c11-3-7(16)4-14-8-2-1-6(5-15)9(12)10(8)13/h1-2,5,7,14,16H,3-4H2. The maximum absolute atomic E-state index is 13.5. The SMILES string of the molecule is O=Cc1ccc(NCC(O)CCl)c(F)c1Cl. The molecule has 0 aromatic heterocycles. The smallest absolute Gasteiger partial charge is 0.165 e. The number of alkyl halides is 1. The molecule has 0 aliphatic carbocycles. The Bertz CT molecular complexity index is 387. The van der Waals surface area contributed by atoms with Crippen LogP contribution in [0.4, 0.5) is 10.1 Å². The first-order chi connectivity index (χ1) is 7.60. The Kier molecular flexibility index (Phi) is 4.99. The van der Waals surface area contributed by atoms with Crippen molar-refractivity contribution in [1.29, 1.82) is 0 Å². The molecular weight excluding hydrogens is 256 g/mol. The van der Waals surface area contributed by atoms with Crippen molar-refractivity contribution in [3.8, 4) is 0 Å². The molecule has 1 aromatic carbocycles. The summed E-state index contributed by atoms with van der Waals surface area (Å²) in [4.78, 5) is 10.5. The summed E-state index contributed by atoms with van der Waals surface area (Å²) in [6, 6.07) is 2.78. The second-order valence-corrected chi connectivity index (χ2v) is 3.82. The van der Waals surface area contributed by atoms with Crippen LogP contribution in [0, 0.1) is 5.82 Å². The Morgan fingerprint density at radius 1 is 1.56 bits per heavy atom. The van der Waals surface area contributed by atoms with Gasteiger partial charge in [-0.15, -0.1) is 11.6 Å². The van der Waals surface area contributed by atoms with E-state index in [9.17, 15) is 14.3 Å². The molecule has 1 rings (SSSR count). The highest BCUT2D eigenvalue weighted by molar-refractivity contribution is 6.33. The molecule has 0 saturated heterocycles. The summed E-state index contributed by atoms with van der Waals surface area (Å²) in [7, 11) is 0. The topological polar surface area (TPSA) is 49.3 Å². The molecule has 0 bridgehead atoms. The van der Waals surface area contributed by atoms with E-state index in [1.54, 1.807) is 0 Å². The zero-order chi connectivity index (χ0) is 12.1. The van der Waals surface area contributed by atoms with E-state index in [0.29, 0.717) is 6.29 Å². The number of rotatable bonds is 5. The molecule has 0 spiro atoms. The molecule has 0 radical (unpaired) electrons. The Labute approximate surface area is 102 Å². The van der Waals surface area contributed by atoms with Crippen LogP contribution in [-0.4, -0.2) is 29.9 Å². The summed E-state index contributed by atoms with van der Waals surface area (Å²) in [5.74, 6) is -0.664. The molecule has 16 heavy (non-hydrogen) atoms. The molecule has 3 nitrogen and oxygen atoms in total. The van der Waals surface area contributed by atoms with Gasteiger partial charge in [-0.3, -0.25) is 4.79 Å². The maximum Gasteiger partial charge on any atom is 0.165 e. The molecule has 0 aliphatic rings. The predicted molar refractivity (Wildman–Crippen MR) is 62.0 cm³/mol. The third-order valence-electron chi connectivity index (χ3n) is 1.95. The molecule has 0 fully saturated rings. The molecule has 1 aromatic rings. The van der Waals surface area contributed by atoms with Crippen molar-refractivity contribution in [1.82, 2.24) is 0 Å². The number of anilines is 1. The zero-order valence-corrected chi connectivity index (χ0v) is 9.72. The second kappa shape index (κ2) is 6.03. The van der Waals surface area contributed by atoms with Crippen LogP contribution in [0.1, 0.15) is 10.4 Å². The first-order valence-electron chi connectivity index (χ1n) is 4.51. The normalized spacial score (nSPS) is 12.2. The second-order valence-electron chi connectivity index (χ2n) is 3.14. The third-order valence-corrected chi connectivity index (χ3v) is 2.69.